The fourth-order valence-electron chi connectivity index (χ4n) is 1.49. The van der Waals surface area contributed by atoms with Crippen LogP contribution in [0.4, 0.5) is 11.4 Å². The van der Waals surface area contributed by atoms with Gasteiger partial charge in [0, 0.05) is 11.1 Å². The number of aryl methyl sites for hydroxylation is 1. The first-order valence-electron chi connectivity index (χ1n) is 5.20. The molecule has 0 saturated carbocycles. The third-order valence-corrected chi connectivity index (χ3v) is 3.49. The molecule has 1 unspecified atom stereocenters. The molecule has 3 nitrogen and oxygen atoms in total. The molecule has 0 aliphatic rings. The maximum atomic E-state index is 5.87. The fraction of sp³-hybridized carbons (Fsp3) is 0.250. The molecule has 0 aliphatic heterocycles. The van der Waals surface area contributed by atoms with Crippen molar-refractivity contribution in [3.63, 3.8) is 0 Å². The van der Waals surface area contributed by atoms with E-state index in [0.717, 1.165) is 22.1 Å². The highest BCUT2D eigenvalue weighted by atomic mass is 32.1. The summed E-state index contributed by atoms with van der Waals surface area (Å²) in [6.45, 7) is 4.09. The van der Waals surface area contributed by atoms with E-state index in [9.17, 15) is 0 Å². The molecular formula is C12H15N3S. The molecule has 0 bridgehead atoms. The summed E-state index contributed by atoms with van der Waals surface area (Å²) in [5, 5.41) is 6.50. The Hall–Kier alpha value is -1.55. The van der Waals surface area contributed by atoms with E-state index in [4.69, 9.17) is 5.73 Å². The van der Waals surface area contributed by atoms with E-state index in [2.05, 4.69) is 22.6 Å². The second kappa shape index (κ2) is 4.53. The molecule has 1 aromatic carbocycles. The summed E-state index contributed by atoms with van der Waals surface area (Å²) in [4.78, 5) is 4.45. The summed E-state index contributed by atoms with van der Waals surface area (Å²) >= 11 is 1.67. The smallest absolute Gasteiger partial charge is 0.115 e. The van der Waals surface area contributed by atoms with Gasteiger partial charge in [0.1, 0.15) is 5.01 Å². The third-order valence-electron chi connectivity index (χ3n) is 2.34. The summed E-state index contributed by atoms with van der Waals surface area (Å²) < 4.78 is 0. The van der Waals surface area contributed by atoms with E-state index >= 15 is 0 Å². The van der Waals surface area contributed by atoms with Gasteiger partial charge in [-0.25, -0.2) is 4.98 Å². The second-order valence-electron chi connectivity index (χ2n) is 3.78. The normalized spacial score (nSPS) is 12.4. The number of benzene rings is 1. The van der Waals surface area contributed by atoms with Crippen LogP contribution in [-0.2, 0) is 0 Å². The summed E-state index contributed by atoms with van der Waals surface area (Å²) in [6.07, 6.45) is 0. The first kappa shape index (κ1) is 11.0. The Kier molecular flexibility index (Phi) is 3.10. The molecule has 0 radical (unpaired) electrons. The molecule has 2 aromatic rings. The van der Waals surface area contributed by atoms with Crippen LogP contribution in [0.3, 0.4) is 0 Å². The van der Waals surface area contributed by atoms with Gasteiger partial charge in [-0.1, -0.05) is 12.1 Å². The number of thiazole rings is 1. The molecule has 1 heterocycles. The summed E-state index contributed by atoms with van der Waals surface area (Å²) in [7, 11) is 0. The number of nitrogens with two attached hydrogens (primary N) is 1. The van der Waals surface area contributed by atoms with Crippen LogP contribution in [-0.4, -0.2) is 4.98 Å². The van der Waals surface area contributed by atoms with Crippen molar-refractivity contribution in [3.05, 3.63) is 40.3 Å². The first-order valence-corrected chi connectivity index (χ1v) is 6.08. The van der Waals surface area contributed by atoms with Gasteiger partial charge < -0.3 is 11.1 Å². The summed E-state index contributed by atoms with van der Waals surface area (Å²) in [5.41, 5.74) is 8.66. The molecular weight excluding hydrogens is 218 g/mol. The summed E-state index contributed by atoms with van der Waals surface area (Å²) in [6, 6.07) is 7.95. The molecule has 16 heavy (non-hydrogen) atoms. The standard InChI is InChI=1S/C12H15N3S/c1-8-7-16-12(14-8)9(2)15-11-6-4-3-5-10(11)13/h3-7,9,15H,13H2,1-2H3. The molecule has 1 aromatic heterocycles. The van der Waals surface area contributed by atoms with E-state index in [1.54, 1.807) is 11.3 Å². The molecule has 3 N–H and O–H groups in total. The van der Waals surface area contributed by atoms with Crippen LogP contribution in [0.1, 0.15) is 23.7 Å². The number of nitrogens with zero attached hydrogens (tertiary/aromatic N) is 1. The Balaban J connectivity index is 2.13. The Morgan fingerprint density at radius 1 is 1.38 bits per heavy atom. The highest BCUT2D eigenvalue weighted by Gasteiger charge is 2.09. The van der Waals surface area contributed by atoms with Gasteiger partial charge in [-0.3, -0.25) is 0 Å². The predicted octanol–water partition coefficient (Wildman–Crippen LogP) is 3.21. The van der Waals surface area contributed by atoms with Crippen LogP contribution >= 0.6 is 11.3 Å². The second-order valence-corrected chi connectivity index (χ2v) is 4.67. The van der Waals surface area contributed by atoms with Crippen molar-refractivity contribution in [3.8, 4) is 0 Å². The highest BCUT2D eigenvalue weighted by molar-refractivity contribution is 7.09. The van der Waals surface area contributed by atoms with Gasteiger partial charge >= 0.3 is 0 Å². The lowest BCUT2D eigenvalue weighted by molar-refractivity contribution is 0.864. The number of nitrogens with one attached hydrogen (secondary N) is 1. The van der Waals surface area contributed by atoms with Crippen LogP contribution in [0.2, 0.25) is 0 Å². The van der Waals surface area contributed by atoms with Crippen molar-refractivity contribution in [2.24, 2.45) is 0 Å². The lowest BCUT2D eigenvalue weighted by atomic mass is 10.2. The average Bonchev–Trinajstić information content (AvgIpc) is 2.68. The van der Waals surface area contributed by atoms with Crippen LogP contribution in [0.15, 0.2) is 29.6 Å². The van der Waals surface area contributed by atoms with Crippen LogP contribution in [0.5, 0.6) is 0 Å². The average molecular weight is 233 g/mol. The molecule has 84 valence electrons. The van der Waals surface area contributed by atoms with Crippen molar-refractivity contribution in [1.29, 1.82) is 0 Å². The number of hydrogen-bond donors (Lipinski definition) is 2. The minimum atomic E-state index is 0.184. The van der Waals surface area contributed by atoms with Gasteiger partial charge in [-0.15, -0.1) is 11.3 Å². The van der Waals surface area contributed by atoms with E-state index in [1.807, 2.05) is 31.2 Å². The molecule has 1 atom stereocenters. The van der Waals surface area contributed by atoms with E-state index in [-0.39, 0.29) is 6.04 Å². The number of nitrogen functional groups attached to an aromatic ring is 1. The number of hydrogen-bond acceptors (Lipinski definition) is 4. The topological polar surface area (TPSA) is 50.9 Å². The third kappa shape index (κ3) is 2.33. The van der Waals surface area contributed by atoms with Crippen molar-refractivity contribution in [2.75, 3.05) is 11.1 Å². The molecule has 0 fully saturated rings. The number of anilines is 2. The predicted molar refractivity (Wildman–Crippen MR) is 69.7 cm³/mol. The van der Waals surface area contributed by atoms with Gasteiger partial charge in [-0.05, 0) is 26.0 Å². The quantitative estimate of drug-likeness (QED) is 0.800. The first-order chi connectivity index (χ1) is 7.66. The minimum absolute atomic E-state index is 0.184. The molecule has 0 saturated heterocycles. The van der Waals surface area contributed by atoms with Gasteiger partial charge in [0.25, 0.3) is 0 Å². The Bertz CT molecular complexity index is 479. The van der Waals surface area contributed by atoms with Crippen molar-refractivity contribution in [2.45, 2.75) is 19.9 Å². The zero-order valence-corrected chi connectivity index (χ0v) is 10.2. The SMILES string of the molecule is Cc1csc(C(C)Nc2ccccc2N)n1. The molecule has 0 spiro atoms. The van der Waals surface area contributed by atoms with Gasteiger partial charge in [0.2, 0.25) is 0 Å². The monoisotopic (exact) mass is 233 g/mol. The van der Waals surface area contributed by atoms with Crippen LogP contribution in [0.25, 0.3) is 0 Å². The summed E-state index contributed by atoms with van der Waals surface area (Å²) in [5.74, 6) is 0. The number of rotatable bonds is 3. The van der Waals surface area contributed by atoms with Crippen molar-refractivity contribution in [1.82, 2.24) is 4.98 Å². The maximum Gasteiger partial charge on any atom is 0.115 e. The molecule has 4 heteroatoms. The van der Waals surface area contributed by atoms with E-state index in [0.29, 0.717) is 0 Å². The molecule has 2 rings (SSSR count). The molecule has 0 amide bonds. The van der Waals surface area contributed by atoms with Gasteiger partial charge in [0.15, 0.2) is 0 Å². The van der Waals surface area contributed by atoms with Crippen molar-refractivity contribution >= 4 is 22.7 Å². The minimum Gasteiger partial charge on any atom is -0.397 e. The highest BCUT2D eigenvalue weighted by Crippen LogP contribution is 2.25. The van der Waals surface area contributed by atoms with Gasteiger partial charge in [0.05, 0.1) is 17.4 Å². The van der Waals surface area contributed by atoms with E-state index < -0.39 is 0 Å². The largest absolute Gasteiger partial charge is 0.397 e. The van der Waals surface area contributed by atoms with Crippen LogP contribution in [0, 0.1) is 6.92 Å². The van der Waals surface area contributed by atoms with Crippen molar-refractivity contribution < 1.29 is 0 Å². The fourth-order valence-corrected chi connectivity index (χ4v) is 2.30. The zero-order chi connectivity index (χ0) is 11.5. The van der Waals surface area contributed by atoms with E-state index in [1.165, 1.54) is 0 Å². The number of aromatic nitrogens is 1. The lowest BCUT2D eigenvalue weighted by Crippen LogP contribution is -2.07. The Morgan fingerprint density at radius 2 is 2.12 bits per heavy atom. The lowest BCUT2D eigenvalue weighted by Gasteiger charge is -2.14. The number of para-hydroxylation sites is 2. The Morgan fingerprint density at radius 3 is 2.75 bits per heavy atom. The zero-order valence-electron chi connectivity index (χ0n) is 9.40. The Labute approximate surface area is 99.3 Å². The van der Waals surface area contributed by atoms with Crippen LogP contribution < -0.4 is 11.1 Å². The maximum absolute atomic E-state index is 5.87. The molecule has 0 aliphatic carbocycles. The van der Waals surface area contributed by atoms with Gasteiger partial charge in [-0.2, -0.15) is 0 Å².